The summed E-state index contributed by atoms with van der Waals surface area (Å²) in [5.74, 6) is -2.17. The minimum Gasteiger partial charge on any atom is -0.390 e. The van der Waals surface area contributed by atoms with Crippen LogP contribution in [-0.2, 0) is 24.2 Å². The number of hydrogen-bond acceptors (Lipinski definition) is 3. The van der Waals surface area contributed by atoms with Gasteiger partial charge in [0, 0.05) is 37.2 Å². The molecule has 4 aromatic rings. The lowest BCUT2D eigenvalue weighted by atomic mass is 9.96. The fourth-order valence-electron chi connectivity index (χ4n) is 4.63. The Labute approximate surface area is 228 Å². The quantitative estimate of drug-likeness (QED) is 0.233. The van der Waals surface area contributed by atoms with Crippen molar-refractivity contribution < 1.29 is 18.7 Å². The molecule has 1 amide bonds. The summed E-state index contributed by atoms with van der Waals surface area (Å²) in [7, 11) is 0. The van der Waals surface area contributed by atoms with E-state index in [9.17, 15) is 18.7 Å². The normalized spacial score (nSPS) is 13.6. The molecule has 3 atom stereocenters. The van der Waals surface area contributed by atoms with Crippen LogP contribution in [0.25, 0.3) is 5.69 Å². The van der Waals surface area contributed by atoms with Gasteiger partial charge in [0.25, 0.3) is 0 Å². The van der Waals surface area contributed by atoms with Gasteiger partial charge in [0.1, 0.15) is 11.6 Å². The van der Waals surface area contributed by atoms with Crippen molar-refractivity contribution in [2.45, 2.75) is 51.3 Å². The predicted octanol–water partition coefficient (Wildman–Crippen LogP) is 5.30. The van der Waals surface area contributed by atoms with E-state index in [-0.39, 0.29) is 18.9 Å². The third-order valence-electron chi connectivity index (χ3n) is 6.94. The van der Waals surface area contributed by atoms with Crippen LogP contribution in [0.4, 0.5) is 8.78 Å². The maximum absolute atomic E-state index is 13.9. The van der Waals surface area contributed by atoms with E-state index >= 15 is 0 Å². The molecule has 0 saturated heterocycles. The largest absolute Gasteiger partial charge is 0.390 e. The van der Waals surface area contributed by atoms with Crippen LogP contribution < -0.4 is 10.6 Å². The van der Waals surface area contributed by atoms with Crippen molar-refractivity contribution in [1.29, 1.82) is 0 Å². The first-order valence-corrected chi connectivity index (χ1v) is 13.3. The van der Waals surface area contributed by atoms with Crippen LogP contribution in [0.1, 0.15) is 42.0 Å². The third kappa shape index (κ3) is 7.85. The molecule has 4 rings (SSSR count). The second-order valence-electron chi connectivity index (χ2n) is 9.87. The van der Waals surface area contributed by atoms with Crippen LogP contribution in [0.2, 0.25) is 0 Å². The Kier molecular flexibility index (Phi) is 9.63. The van der Waals surface area contributed by atoms with Gasteiger partial charge in [-0.15, -0.1) is 0 Å². The Hall–Kier alpha value is -3.81. The van der Waals surface area contributed by atoms with Gasteiger partial charge in [-0.3, -0.25) is 4.79 Å². The lowest BCUT2D eigenvalue weighted by molar-refractivity contribution is -0.123. The molecule has 204 valence electrons. The Balaban J connectivity index is 1.44. The van der Waals surface area contributed by atoms with Crippen molar-refractivity contribution >= 4 is 5.91 Å². The van der Waals surface area contributed by atoms with Gasteiger partial charge in [0.2, 0.25) is 5.91 Å². The standard InChI is InChI=1S/C32H35F2N3O2/c1-3-23-7-6-8-24(15-23)20-35-21-31(38)30(18-25-16-27(33)19-28(34)17-25)36-32(39)22(2)26-9-11-29(12-10-26)37-13-4-5-14-37/h4-17,19,22,30-31,35,38H,3,18,20-21H2,1-2H3,(H,36,39)/t22?,30-,31-/m0/s1. The predicted molar refractivity (Wildman–Crippen MR) is 150 cm³/mol. The number of aryl methyl sites for hydroxylation is 1. The molecule has 7 heteroatoms. The maximum atomic E-state index is 13.9. The number of carbonyl (C=O) groups excluding carboxylic acids is 1. The van der Waals surface area contributed by atoms with E-state index in [0.717, 1.165) is 29.3 Å². The van der Waals surface area contributed by atoms with Crippen LogP contribution in [-0.4, -0.2) is 34.3 Å². The number of aromatic nitrogens is 1. The molecule has 0 aliphatic rings. The van der Waals surface area contributed by atoms with Gasteiger partial charge in [-0.2, -0.15) is 0 Å². The van der Waals surface area contributed by atoms with Crippen molar-refractivity contribution in [2.75, 3.05) is 6.54 Å². The highest BCUT2D eigenvalue weighted by atomic mass is 19.1. The lowest BCUT2D eigenvalue weighted by Crippen LogP contribution is -2.49. The molecular formula is C32H35F2N3O2. The van der Waals surface area contributed by atoms with E-state index in [1.54, 1.807) is 6.92 Å². The summed E-state index contributed by atoms with van der Waals surface area (Å²) in [6.45, 7) is 4.63. The number of amides is 1. The zero-order chi connectivity index (χ0) is 27.8. The molecule has 0 saturated carbocycles. The highest BCUT2D eigenvalue weighted by Gasteiger charge is 2.25. The zero-order valence-corrected chi connectivity index (χ0v) is 22.3. The van der Waals surface area contributed by atoms with Gasteiger partial charge >= 0.3 is 0 Å². The van der Waals surface area contributed by atoms with Crippen LogP contribution in [0, 0.1) is 11.6 Å². The second-order valence-corrected chi connectivity index (χ2v) is 9.87. The Morgan fingerprint density at radius 2 is 1.56 bits per heavy atom. The fourth-order valence-corrected chi connectivity index (χ4v) is 4.63. The molecule has 1 unspecified atom stereocenters. The first-order valence-electron chi connectivity index (χ1n) is 13.3. The number of halogens is 2. The summed E-state index contributed by atoms with van der Waals surface area (Å²) in [4.78, 5) is 13.3. The summed E-state index contributed by atoms with van der Waals surface area (Å²) in [6, 6.07) is 22.3. The highest BCUT2D eigenvalue weighted by Crippen LogP contribution is 2.20. The Morgan fingerprint density at radius 3 is 2.23 bits per heavy atom. The molecule has 1 aromatic heterocycles. The molecule has 0 radical (unpaired) electrons. The topological polar surface area (TPSA) is 66.3 Å². The smallest absolute Gasteiger partial charge is 0.227 e. The summed E-state index contributed by atoms with van der Waals surface area (Å²) >= 11 is 0. The number of carbonyl (C=O) groups is 1. The minimum absolute atomic E-state index is 0.0773. The summed E-state index contributed by atoms with van der Waals surface area (Å²) < 4.78 is 29.7. The second kappa shape index (κ2) is 13.3. The first-order chi connectivity index (χ1) is 18.8. The van der Waals surface area contributed by atoms with Crippen molar-refractivity contribution in [3.8, 4) is 5.69 Å². The molecule has 0 spiro atoms. The Morgan fingerprint density at radius 1 is 0.897 bits per heavy atom. The monoisotopic (exact) mass is 531 g/mol. The summed E-state index contributed by atoms with van der Waals surface area (Å²) in [5.41, 5.74) is 4.47. The van der Waals surface area contributed by atoms with Crippen LogP contribution in [0.3, 0.4) is 0 Å². The molecular weight excluding hydrogens is 496 g/mol. The van der Waals surface area contributed by atoms with E-state index in [1.807, 2.05) is 65.5 Å². The fraction of sp³-hybridized carbons (Fsp3) is 0.281. The minimum atomic E-state index is -0.988. The first kappa shape index (κ1) is 28.2. The number of nitrogens with zero attached hydrogens (tertiary/aromatic N) is 1. The molecule has 0 bridgehead atoms. The van der Waals surface area contributed by atoms with Crippen LogP contribution in [0.5, 0.6) is 0 Å². The number of hydrogen-bond donors (Lipinski definition) is 3. The number of aliphatic hydroxyl groups is 1. The number of rotatable bonds is 12. The molecule has 0 fully saturated rings. The van der Waals surface area contributed by atoms with E-state index in [1.165, 1.54) is 17.7 Å². The average Bonchev–Trinajstić information content (AvgIpc) is 3.47. The van der Waals surface area contributed by atoms with Gasteiger partial charge in [-0.05, 0) is 78.4 Å². The molecule has 5 nitrogen and oxygen atoms in total. The van der Waals surface area contributed by atoms with E-state index in [2.05, 4.69) is 29.7 Å². The molecule has 3 aromatic carbocycles. The van der Waals surface area contributed by atoms with Gasteiger partial charge in [0.05, 0.1) is 18.1 Å². The highest BCUT2D eigenvalue weighted by molar-refractivity contribution is 5.83. The van der Waals surface area contributed by atoms with E-state index < -0.39 is 29.7 Å². The van der Waals surface area contributed by atoms with Gasteiger partial charge in [0.15, 0.2) is 0 Å². The molecule has 3 N–H and O–H groups in total. The summed E-state index contributed by atoms with van der Waals surface area (Å²) in [6.07, 6.45) is 3.91. The zero-order valence-electron chi connectivity index (χ0n) is 22.3. The van der Waals surface area contributed by atoms with Crippen molar-refractivity contribution in [2.24, 2.45) is 0 Å². The molecule has 39 heavy (non-hydrogen) atoms. The van der Waals surface area contributed by atoms with Gasteiger partial charge in [-0.25, -0.2) is 8.78 Å². The SMILES string of the molecule is CCc1cccc(CNC[C@H](O)[C@H](Cc2cc(F)cc(F)c2)NC(=O)C(C)c2ccc(-n3cccc3)cc2)c1. The van der Waals surface area contributed by atoms with Crippen LogP contribution >= 0.6 is 0 Å². The molecule has 0 aliphatic heterocycles. The van der Waals surface area contributed by atoms with E-state index in [4.69, 9.17) is 0 Å². The summed E-state index contributed by atoms with van der Waals surface area (Å²) in [5, 5.41) is 17.2. The molecule has 1 heterocycles. The van der Waals surface area contributed by atoms with Gasteiger partial charge in [-0.1, -0.05) is 43.3 Å². The molecule has 0 aliphatic carbocycles. The van der Waals surface area contributed by atoms with Crippen molar-refractivity contribution in [3.63, 3.8) is 0 Å². The number of nitrogens with one attached hydrogen (secondary N) is 2. The van der Waals surface area contributed by atoms with Crippen molar-refractivity contribution in [1.82, 2.24) is 15.2 Å². The number of benzene rings is 3. The van der Waals surface area contributed by atoms with E-state index in [0.29, 0.717) is 12.1 Å². The van der Waals surface area contributed by atoms with Gasteiger partial charge < -0.3 is 20.3 Å². The van der Waals surface area contributed by atoms with Crippen LogP contribution in [0.15, 0.2) is 91.3 Å². The maximum Gasteiger partial charge on any atom is 0.227 e. The number of aliphatic hydroxyl groups excluding tert-OH is 1. The van der Waals surface area contributed by atoms with Crippen molar-refractivity contribution in [3.05, 3.63) is 125 Å². The Bertz CT molecular complexity index is 1340. The third-order valence-corrected chi connectivity index (χ3v) is 6.94. The lowest BCUT2D eigenvalue weighted by Gasteiger charge is -2.26. The average molecular weight is 532 g/mol.